The second-order valence-corrected chi connectivity index (χ2v) is 4.30. The average Bonchev–Trinajstić information content (AvgIpc) is 2.10. The number of halogens is 1. The molecule has 0 aromatic heterocycles. The van der Waals surface area contributed by atoms with E-state index in [2.05, 4.69) is 6.92 Å². The van der Waals surface area contributed by atoms with Crippen LogP contribution in [0.4, 0.5) is 0 Å². The average molecular weight is 207 g/mol. The van der Waals surface area contributed by atoms with Crippen LogP contribution in [-0.2, 0) is 4.43 Å². The minimum Gasteiger partial charge on any atom is -0.417 e. The zero-order valence-corrected chi connectivity index (χ0v) is 9.70. The highest BCUT2D eigenvalue weighted by Crippen LogP contribution is 2.01. The molecule has 0 saturated carbocycles. The zero-order chi connectivity index (χ0) is 9.07. The van der Waals surface area contributed by atoms with Crippen molar-refractivity contribution in [3.05, 3.63) is 0 Å². The molecule has 0 heterocycles. The summed E-state index contributed by atoms with van der Waals surface area (Å²) < 4.78 is 5.45. The minimum atomic E-state index is 0.710. The van der Waals surface area contributed by atoms with E-state index >= 15 is 0 Å². The second-order valence-electron chi connectivity index (χ2n) is 2.85. The third-order valence-corrected chi connectivity index (χ3v) is 2.85. The molecule has 0 aliphatic carbocycles. The lowest BCUT2D eigenvalue weighted by Crippen LogP contribution is -1.99. The van der Waals surface area contributed by atoms with Crippen LogP contribution in [0.1, 0.15) is 39.0 Å². The lowest BCUT2D eigenvalue weighted by molar-refractivity contribution is 0.325. The van der Waals surface area contributed by atoms with E-state index in [4.69, 9.17) is 16.0 Å². The fourth-order valence-corrected chi connectivity index (χ4v) is 1.85. The standard InChI is InChI=1S/C9H19ClOSi/c1-2-3-8-11-12-9-6-4-5-7-10/h2-9H2,1H3. The highest BCUT2D eigenvalue weighted by Gasteiger charge is 1.92. The van der Waals surface area contributed by atoms with Crippen LogP contribution >= 0.6 is 11.6 Å². The van der Waals surface area contributed by atoms with Crippen molar-refractivity contribution in [3.63, 3.8) is 0 Å². The molecule has 0 rings (SSSR count). The van der Waals surface area contributed by atoms with Crippen molar-refractivity contribution in [2.45, 2.75) is 45.1 Å². The van der Waals surface area contributed by atoms with Gasteiger partial charge in [0, 0.05) is 12.5 Å². The highest BCUT2D eigenvalue weighted by atomic mass is 35.5. The van der Waals surface area contributed by atoms with E-state index in [-0.39, 0.29) is 0 Å². The van der Waals surface area contributed by atoms with Gasteiger partial charge in [0.2, 0.25) is 9.76 Å². The molecule has 3 heteroatoms. The normalized spacial score (nSPS) is 10.5. The molecule has 1 nitrogen and oxygen atoms in total. The molecule has 0 aliphatic rings. The van der Waals surface area contributed by atoms with Crippen LogP contribution in [0.15, 0.2) is 0 Å². The van der Waals surface area contributed by atoms with E-state index in [0.717, 1.165) is 18.9 Å². The molecule has 0 unspecified atom stereocenters. The van der Waals surface area contributed by atoms with Crippen molar-refractivity contribution in [3.8, 4) is 0 Å². The lowest BCUT2D eigenvalue weighted by Gasteiger charge is -2.00. The van der Waals surface area contributed by atoms with Crippen LogP contribution in [0.5, 0.6) is 0 Å². The quantitative estimate of drug-likeness (QED) is 0.320. The van der Waals surface area contributed by atoms with Crippen molar-refractivity contribution in [2.75, 3.05) is 12.5 Å². The summed E-state index contributed by atoms with van der Waals surface area (Å²) in [4.78, 5) is 0. The largest absolute Gasteiger partial charge is 0.417 e. The Kier molecular flexibility index (Phi) is 11.9. The third-order valence-electron chi connectivity index (χ3n) is 1.61. The summed E-state index contributed by atoms with van der Waals surface area (Å²) in [6.07, 6.45) is 6.12. The predicted octanol–water partition coefficient (Wildman–Crippen LogP) is 3.25. The van der Waals surface area contributed by atoms with Gasteiger partial charge in [0.1, 0.15) is 0 Å². The molecule has 0 bridgehead atoms. The Balaban J connectivity index is 2.73. The molecule has 0 aromatic rings. The predicted molar refractivity (Wildman–Crippen MR) is 56.0 cm³/mol. The van der Waals surface area contributed by atoms with Crippen LogP contribution in [0.3, 0.4) is 0 Å². The van der Waals surface area contributed by atoms with Gasteiger partial charge in [0.25, 0.3) is 0 Å². The molecule has 0 N–H and O–H groups in total. The molecule has 12 heavy (non-hydrogen) atoms. The molecule has 0 saturated heterocycles. The summed E-state index contributed by atoms with van der Waals surface area (Å²) >= 11 is 5.55. The summed E-state index contributed by atoms with van der Waals surface area (Å²) in [5, 5.41) is 0. The molecular weight excluding hydrogens is 188 g/mol. The Hall–Kier alpha value is 0.467. The summed E-state index contributed by atoms with van der Waals surface area (Å²) in [5.74, 6) is 0.805. The van der Waals surface area contributed by atoms with Crippen molar-refractivity contribution < 1.29 is 4.43 Å². The Morgan fingerprint density at radius 2 is 2.00 bits per heavy atom. The van der Waals surface area contributed by atoms with Crippen molar-refractivity contribution in [1.82, 2.24) is 0 Å². The van der Waals surface area contributed by atoms with Crippen LogP contribution in [-0.4, -0.2) is 22.3 Å². The smallest absolute Gasteiger partial charge is 0.229 e. The molecule has 72 valence electrons. The first kappa shape index (κ1) is 12.5. The van der Waals surface area contributed by atoms with E-state index in [1.807, 2.05) is 0 Å². The maximum atomic E-state index is 5.55. The molecule has 0 fully saturated rings. The van der Waals surface area contributed by atoms with Gasteiger partial charge in [-0.15, -0.1) is 11.6 Å². The topological polar surface area (TPSA) is 9.23 Å². The third kappa shape index (κ3) is 10.5. The maximum absolute atomic E-state index is 5.55. The van der Waals surface area contributed by atoms with Gasteiger partial charge < -0.3 is 4.43 Å². The van der Waals surface area contributed by atoms with Gasteiger partial charge >= 0.3 is 0 Å². The molecular formula is C9H19ClOSi. The van der Waals surface area contributed by atoms with Crippen molar-refractivity contribution >= 4 is 21.4 Å². The van der Waals surface area contributed by atoms with E-state index < -0.39 is 0 Å². The summed E-state index contributed by atoms with van der Waals surface area (Å²) in [6.45, 7) is 3.14. The number of rotatable bonds is 9. The van der Waals surface area contributed by atoms with Crippen molar-refractivity contribution in [1.29, 1.82) is 0 Å². The first-order valence-corrected chi connectivity index (χ1v) is 6.47. The Labute approximate surface area is 83.8 Å². The Morgan fingerprint density at radius 3 is 2.67 bits per heavy atom. The van der Waals surface area contributed by atoms with Gasteiger partial charge in [0.15, 0.2) is 0 Å². The van der Waals surface area contributed by atoms with Gasteiger partial charge in [-0.3, -0.25) is 0 Å². The highest BCUT2D eigenvalue weighted by molar-refractivity contribution is 6.26. The molecule has 0 amide bonds. The monoisotopic (exact) mass is 206 g/mol. The molecule has 0 aromatic carbocycles. The van der Waals surface area contributed by atoms with E-state index in [1.165, 1.54) is 31.7 Å². The van der Waals surface area contributed by atoms with Crippen LogP contribution in [0.25, 0.3) is 0 Å². The maximum Gasteiger partial charge on any atom is 0.229 e. The zero-order valence-electron chi connectivity index (χ0n) is 7.94. The summed E-state index contributed by atoms with van der Waals surface area (Å²) in [5.41, 5.74) is 0. The van der Waals surface area contributed by atoms with E-state index in [0.29, 0.717) is 9.76 Å². The van der Waals surface area contributed by atoms with Gasteiger partial charge in [-0.25, -0.2) is 0 Å². The fourth-order valence-electron chi connectivity index (χ4n) is 0.829. The van der Waals surface area contributed by atoms with Crippen LogP contribution in [0.2, 0.25) is 6.04 Å². The number of hydrogen-bond donors (Lipinski definition) is 0. The van der Waals surface area contributed by atoms with Crippen LogP contribution in [0, 0.1) is 0 Å². The van der Waals surface area contributed by atoms with Crippen molar-refractivity contribution in [2.24, 2.45) is 0 Å². The van der Waals surface area contributed by atoms with Gasteiger partial charge in [-0.05, 0) is 18.9 Å². The first-order chi connectivity index (χ1) is 5.91. The lowest BCUT2D eigenvalue weighted by atomic mass is 10.3. The fraction of sp³-hybridized carbons (Fsp3) is 1.00. The second kappa shape index (κ2) is 11.5. The summed E-state index contributed by atoms with van der Waals surface area (Å²) in [6, 6.07) is 1.22. The van der Waals surface area contributed by atoms with E-state index in [1.54, 1.807) is 0 Å². The Bertz CT molecular complexity index is 70.9. The minimum absolute atomic E-state index is 0.710. The first-order valence-electron chi connectivity index (χ1n) is 4.82. The molecule has 0 atom stereocenters. The molecule has 0 spiro atoms. The molecule has 0 aliphatic heterocycles. The summed E-state index contributed by atoms with van der Waals surface area (Å²) in [7, 11) is 0.710. The van der Waals surface area contributed by atoms with E-state index in [9.17, 15) is 0 Å². The van der Waals surface area contributed by atoms with Gasteiger partial charge in [-0.1, -0.05) is 26.2 Å². The SMILES string of the molecule is CCCCO[Si]CCCCCCl. The number of alkyl halides is 1. The van der Waals surface area contributed by atoms with Gasteiger partial charge in [0.05, 0.1) is 0 Å². The number of unbranched alkanes of at least 4 members (excludes halogenated alkanes) is 3. The van der Waals surface area contributed by atoms with Crippen LogP contribution < -0.4 is 0 Å². The Morgan fingerprint density at radius 1 is 1.17 bits per heavy atom. The number of hydrogen-bond acceptors (Lipinski definition) is 1. The van der Waals surface area contributed by atoms with Gasteiger partial charge in [-0.2, -0.15) is 0 Å². The molecule has 2 radical (unpaired) electrons.